The van der Waals surface area contributed by atoms with Gasteiger partial charge >= 0.3 is 0 Å². The van der Waals surface area contributed by atoms with Crippen molar-refractivity contribution in [1.29, 1.82) is 0 Å². The molecule has 0 fully saturated rings. The van der Waals surface area contributed by atoms with Gasteiger partial charge < -0.3 is 14.0 Å². The van der Waals surface area contributed by atoms with Crippen LogP contribution in [-0.4, -0.2) is 48.3 Å². The molecule has 0 aliphatic heterocycles. The van der Waals surface area contributed by atoms with Crippen LogP contribution in [0.3, 0.4) is 0 Å². The number of fused-ring (bicyclic) bond motifs is 2. The summed E-state index contributed by atoms with van der Waals surface area (Å²) in [4.78, 5) is 17.0. The number of hydrogen-bond acceptors (Lipinski definition) is 7. The summed E-state index contributed by atoms with van der Waals surface area (Å²) in [7, 11) is 3.18. The maximum absolute atomic E-state index is 13.6. The van der Waals surface area contributed by atoms with Gasteiger partial charge in [-0.2, -0.15) is 14.5 Å². The van der Waals surface area contributed by atoms with Gasteiger partial charge in [-0.25, -0.2) is 19.5 Å². The smallest absolute Gasteiger partial charge is 0.241 e. The number of aromatic nitrogens is 7. The van der Waals surface area contributed by atoms with Gasteiger partial charge in [0.2, 0.25) is 11.8 Å². The number of nitrogens with zero attached hydrogens (tertiary/aromatic N) is 7. The molecule has 5 aromatic rings. The SMILES string of the molecule is COCc1nc2ncc(-c3ccn4ncnc(OC)c34)cc2n1Cc1ccnc(F)c1. The molecule has 5 aromatic heterocycles. The number of ether oxygens (including phenoxy) is 2. The molecule has 5 rings (SSSR count). The van der Waals surface area contributed by atoms with Crippen LogP contribution in [0.4, 0.5) is 4.39 Å². The van der Waals surface area contributed by atoms with E-state index < -0.39 is 5.95 Å². The average molecular weight is 419 g/mol. The lowest BCUT2D eigenvalue weighted by Gasteiger charge is -2.10. The summed E-state index contributed by atoms with van der Waals surface area (Å²) in [5.74, 6) is 0.638. The average Bonchev–Trinajstić information content (AvgIpc) is 3.35. The fourth-order valence-corrected chi connectivity index (χ4v) is 3.65. The van der Waals surface area contributed by atoms with Crippen molar-refractivity contribution in [1.82, 2.24) is 34.1 Å². The van der Waals surface area contributed by atoms with E-state index in [9.17, 15) is 4.39 Å². The van der Waals surface area contributed by atoms with Crippen molar-refractivity contribution in [3.8, 4) is 17.0 Å². The highest BCUT2D eigenvalue weighted by Crippen LogP contribution is 2.31. The molecule has 5 heterocycles. The predicted octanol–water partition coefficient (Wildman–Crippen LogP) is 2.88. The molecule has 0 N–H and O–H groups in total. The summed E-state index contributed by atoms with van der Waals surface area (Å²) < 4.78 is 28.0. The number of hydrogen-bond donors (Lipinski definition) is 0. The molecule has 0 spiro atoms. The Morgan fingerprint density at radius 3 is 2.81 bits per heavy atom. The quantitative estimate of drug-likeness (QED) is 0.391. The Hall–Kier alpha value is -3.92. The Labute approximate surface area is 176 Å². The normalized spacial score (nSPS) is 11.5. The summed E-state index contributed by atoms with van der Waals surface area (Å²) in [6.45, 7) is 0.707. The topological polar surface area (TPSA) is 92.3 Å². The van der Waals surface area contributed by atoms with Gasteiger partial charge in [0.05, 0.1) is 12.6 Å². The molecule has 9 nitrogen and oxygen atoms in total. The zero-order valence-corrected chi connectivity index (χ0v) is 16.9. The zero-order valence-electron chi connectivity index (χ0n) is 16.9. The second-order valence-electron chi connectivity index (χ2n) is 6.89. The Bertz CT molecular complexity index is 1400. The van der Waals surface area contributed by atoms with Crippen LogP contribution >= 0.6 is 0 Å². The van der Waals surface area contributed by atoms with Crippen molar-refractivity contribution in [2.24, 2.45) is 0 Å². The Morgan fingerprint density at radius 2 is 2.00 bits per heavy atom. The summed E-state index contributed by atoms with van der Waals surface area (Å²) in [6, 6.07) is 7.10. The second kappa shape index (κ2) is 7.73. The largest absolute Gasteiger partial charge is 0.479 e. The van der Waals surface area contributed by atoms with Crippen molar-refractivity contribution < 1.29 is 13.9 Å². The van der Waals surface area contributed by atoms with Crippen LogP contribution in [0.15, 0.2) is 49.2 Å². The highest BCUT2D eigenvalue weighted by molar-refractivity contribution is 5.87. The molecule has 0 radical (unpaired) electrons. The highest BCUT2D eigenvalue weighted by Gasteiger charge is 2.17. The molecule has 0 aliphatic rings. The number of methoxy groups -OCH3 is 2. The lowest BCUT2D eigenvalue weighted by Crippen LogP contribution is -2.06. The maximum Gasteiger partial charge on any atom is 0.241 e. The van der Waals surface area contributed by atoms with Crippen LogP contribution in [-0.2, 0) is 17.9 Å². The van der Waals surface area contributed by atoms with E-state index in [1.165, 1.54) is 18.6 Å². The molecule has 0 saturated heterocycles. The van der Waals surface area contributed by atoms with E-state index in [1.807, 2.05) is 22.9 Å². The van der Waals surface area contributed by atoms with Crippen LogP contribution in [0, 0.1) is 5.95 Å². The van der Waals surface area contributed by atoms with Crippen LogP contribution in [0.5, 0.6) is 5.88 Å². The molecule has 0 amide bonds. The highest BCUT2D eigenvalue weighted by atomic mass is 19.1. The monoisotopic (exact) mass is 419 g/mol. The van der Waals surface area contributed by atoms with E-state index in [0.29, 0.717) is 30.5 Å². The third kappa shape index (κ3) is 3.36. The molecule has 0 atom stereocenters. The van der Waals surface area contributed by atoms with Crippen molar-refractivity contribution in [3.05, 3.63) is 66.5 Å². The van der Waals surface area contributed by atoms with Crippen molar-refractivity contribution in [3.63, 3.8) is 0 Å². The number of imidazole rings is 1. The Balaban J connectivity index is 1.67. The van der Waals surface area contributed by atoms with E-state index >= 15 is 0 Å². The first-order chi connectivity index (χ1) is 15.2. The van der Waals surface area contributed by atoms with Gasteiger partial charge in [-0.1, -0.05) is 0 Å². The van der Waals surface area contributed by atoms with Crippen molar-refractivity contribution >= 4 is 16.7 Å². The van der Waals surface area contributed by atoms with E-state index in [1.54, 1.807) is 31.0 Å². The third-order valence-electron chi connectivity index (χ3n) is 5.01. The summed E-state index contributed by atoms with van der Waals surface area (Å²) in [5.41, 5.74) is 4.62. The molecule has 0 aromatic carbocycles. The van der Waals surface area contributed by atoms with Crippen molar-refractivity contribution in [2.75, 3.05) is 14.2 Å². The molecule has 0 bridgehead atoms. The minimum absolute atomic E-state index is 0.302. The molecule has 156 valence electrons. The fourth-order valence-electron chi connectivity index (χ4n) is 3.65. The number of rotatable bonds is 6. The van der Waals surface area contributed by atoms with Gasteiger partial charge in [0.15, 0.2) is 5.65 Å². The number of halogens is 1. The summed E-state index contributed by atoms with van der Waals surface area (Å²) in [5, 5.41) is 4.24. The van der Waals surface area contributed by atoms with Gasteiger partial charge in [-0.3, -0.25) is 0 Å². The minimum atomic E-state index is -0.526. The minimum Gasteiger partial charge on any atom is -0.479 e. The molecule has 0 unspecified atom stereocenters. The van der Waals surface area contributed by atoms with E-state index in [0.717, 1.165) is 27.7 Å². The lowest BCUT2D eigenvalue weighted by atomic mass is 10.1. The molecular weight excluding hydrogens is 401 g/mol. The first-order valence-electron chi connectivity index (χ1n) is 9.49. The predicted molar refractivity (Wildman–Crippen MR) is 110 cm³/mol. The third-order valence-corrected chi connectivity index (χ3v) is 5.01. The molecule has 0 aliphatic carbocycles. The molecule has 31 heavy (non-hydrogen) atoms. The number of pyridine rings is 2. The van der Waals surface area contributed by atoms with Crippen LogP contribution in [0.25, 0.3) is 27.8 Å². The maximum atomic E-state index is 13.6. The van der Waals surface area contributed by atoms with Crippen LogP contribution in [0.2, 0.25) is 0 Å². The fraction of sp³-hybridized carbons (Fsp3) is 0.190. The van der Waals surface area contributed by atoms with E-state index in [4.69, 9.17) is 9.47 Å². The first-order valence-corrected chi connectivity index (χ1v) is 9.49. The van der Waals surface area contributed by atoms with Crippen LogP contribution < -0.4 is 4.74 Å². The van der Waals surface area contributed by atoms with Gasteiger partial charge in [-0.15, -0.1) is 0 Å². The van der Waals surface area contributed by atoms with Gasteiger partial charge in [0, 0.05) is 43.4 Å². The summed E-state index contributed by atoms with van der Waals surface area (Å²) in [6.07, 6.45) is 6.48. The second-order valence-corrected chi connectivity index (χ2v) is 6.89. The van der Waals surface area contributed by atoms with Crippen molar-refractivity contribution in [2.45, 2.75) is 13.2 Å². The zero-order chi connectivity index (χ0) is 21.4. The summed E-state index contributed by atoms with van der Waals surface area (Å²) >= 11 is 0. The molecule has 0 saturated carbocycles. The van der Waals surface area contributed by atoms with Gasteiger partial charge in [-0.05, 0) is 29.8 Å². The Kier molecular flexibility index (Phi) is 4.75. The molecular formula is C21H18FN7O2. The van der Waals surface area contributed by atoms with Crippen LogP contribution in [0.1, 0.15) is 11.4 Å². The standard InChI is InChI=1S/C21H18FN7O2/c1-30-11-18-27-20-16(28(18)10-13-3-5-23-17(22)7-13)8-14(9-24-20)15-4-6-29-19(15)21(31-2)25-12-26-29/h3-9,12H,10-11H2,1-2H3. The van der Waals surface area contributed by atoms with Gasteiger partial charge in [0.1, 0.15) is 24.3 Å². The van der Waals surface area contributed by atoms with Gasteiger partial charge in [0.25, 0.3) is 0 Å². The Morgan fingerprint density at radius 1 is 1.10 bits per heavy atom. The van der Waals surface area contributed by atoms with E-state index in [2.05, 4.69) is 25.0 Å². The molecule has 10 heteroatoms. The first kappa shape index (κ1) is 19.1. The lowest BCUT2D eigenvalue weighted by molar-refractivity contribution is 0.175. The van der Waals surface area contributed by atoms with E-state index in [-0.39, 0.29) is 0 Å².